The third-order valence-corrected chi connectivity index (χ3v) is 3.84. The van der Waals surface area contributed by atoms with E-state index in [1.54, 1.807) is 16.8 Å². The number of thioether (sulfide) groups is 1. The van der Waals surface area contributed by atoms with Crippen LogP contribution in [0.4, 0.5) is 14.5 Å². The van der Waals surface area contributed by atoms with Gasteiger partial charge in [-0.3, -0.25) is 4.68 Å². The Bertz CT molecular complexity index is 596. The highest BCUT2D eigenvalue weighted by Gasteiger charge is 2.13. The molecule has 6 heteroatoms. The molecule has 0 atom stereocenters. The summed E-state index contributed by atoms with van der Waals surface area (Å²) in [6.45, 7) is 4.75. The number of rotatable bonds is 6. The normalized spacial score (nSPS) is 11.4. The number of para-hydroxylation sites is 1. The maximum Gasteiger partial charge on any atom is 0.288 e. The Hall–Kier alpha value is -1.56. The maximum absolute atomic E-state index is 12.6. The lowest BCUT2D eigenvalue weighted by atomic mass is 10.1. The van der Waals surface area contributed by atoms with Crippen molar-refractivity contribution in [2.75, 3.05) is 5.32 Å². The lowest BCUT2D eigenvalue weighted by Gasteiger charge is -2.12. The molecule has 0 aliphatic rings. The fourth-order valence-electron chi connectivity index (χ4n) is 2.18. The highest BCUT2D eigenvalue weighted by Crippen LogP contribution is 2.32. The van der Waals surface area contributed by atoms with E-state index in [1.165, 1.54) is 0 Å². The second-order valence-corrected chi connectivity index (χ2v) is 6.13. The van der Waals surface area contributed by atoms with Crippen molar-refractivity contribution in [2.24, 2.45) is 7.05 Å². The third-order valence-electron chi connectivity index (χ3n) is 3.06. The minimum Gasteiger partial charge on any atom is -0.380 e. The monoisotopic (exact) mass is 311 g/mol. The summed E-state index contributed by atoms with van der Waals surface area (Å²) < 4.78 is 26.9. The van der Waals surface area contributed by atoms with Crippen LogP contribution in [-0.2, 0) is 13.6 Å². The summed E-state index contributed by atoms with van der Waals surface area (Å²) in [5.41, 5.74) is 2.84. The van der Waals surface area contributed by atoms with E-state index in [-0.39, 0.29) is 0 Å². The first-order valence-corrected chi connectivity index (χ1v) is 7.65. The van der Waals surface area contributed by atoms with Gasteiger partial charge in [0.15, 0.2) is 0 Å². The summed E-state index contributed by atoms with van der Waals surface area (Å²) in [4.78, 5) is 0.558. The number of hydrogen-bond acceptors (Lipinski definition) is 3. The third kappa shape index (κ3) is 4.20. The van der Waals surface area contributed by atoms with Gasteiger partial charge in [0.1, 0.15) is 0 Å². The van der Waals surface area contributed by atoms with Crippen molar-refractivity contribution < 1.29 is 8.78 Å². The van der Waals surface area contributed by atoms with E-state index in [1.807, 2.05) is 25.4 Å². The van der Waals surface area contributed by atoms with Crippen LogP contribution in [0.5, 0.6) is 0 Å². The van der Waals surface area contributed by atoms with E-state index < -0.39 is 5.76 Å². The molecule has 0 fully saturated rings. The Kier molecular flexibility index (Phi) is 5.22. The zero-order valence-electron chi connectivity index (χ0n) is 12.3. The molecule has 0 aliphatic carbocycles. The van der Waals surface area contributed by atoms with Gasteiger partial charge in [0.25, 0.3) is 5.76 Å². The van der Waals surface area contributed by atoms with Gasteiger partial charge in [-0.05, 0) is 18.1 Å². The van der Waals surface area contributed by atoms with Gasteiger partial charge < -0.3 is 5.32 Å². The van der Waals surface area contributed by atoms with Gasteiger partial charge in [-0.1, -0.05) is 37.7 Å². The van der Waals surface area contributed by atoms with Crippen LogP contribution in [-0.4, -0.2) is 15.5 Å². The summed E-state index contributed by atoms with van der Waals surface area (Å²) >= 11 is 0.559. The largest absolute Gasteiger partial charge is 0.380 e. The van der Waals surface area contributed by atoms with Crippen molar-refractivity contribution in [3.8, 4) is 0 Å². The molecule has 0 saturated heterocycles. The molecule has 0 aliphatic heterocycles. The van der Waals surface area contributed by atoms with Crippen LogP contribution >= 0.6 is 11.8 Å². The summed E-state index contributed by atoms with van der Waals surface area (Å²) in [5.74, 6) is -2.09. The molecular formula is C15H19F2N3S. The number of halogens is 2. The van der Waals surface area contributed by atoms with E-state index in [0.717, 1.165) is 16.9 Å². The van der Waals surface area contributed by atoms with Gasteiger partial charge in [0.05, 0.1) is 5.69 Å². The van der Waals surface area contributed by atoms with Gasteiger partial charge in [0, 0.05) is 35.9 Å². The summed E-state index contributed by atoms with van der Waals surface area (Å²) in [5, 5.41) is 7.68. The van der Waals surface area contributed by atoms with E-state index in [0.29, 0.717) is 29.1 Å². The smallest absolute Gasteiger partial charge is 0.288 e. The molecule has 3 nitrogen and oxygen atoms in total. The quantitative estimate of drug-likeness (QED) is 0.798. The zero-order chi connectivity index (χ0) is 15.4. The number of aromatic nitrogens is 2. The van der Waals surface area contributed by atoms with Crippen LogP contribution in [0.1, 0.15) is 31.0 Å². The van der Waals surface area contributed by atoms with Crippen molar-refractivity contribution in [1.29, 1.82) is 0 Å². The Labute approximate surface area is 127 Å². The van der Waals surface area contributed by atoms with Crippen molar-refractivity contribution >= 4 is 17.4 Å². The van der Waals surface area contributed by atoms with Crippen LogP contribution < -0.4 is 5.32 Å². The number of hydrogen-bond donors (Lipinski definition) is 1. The maximum atomic E-state index is 12.6. The molecule has 1 heterocycles. The second kappa shape index (κ2) is 6.93. The Morgan fingerprint density at radius 3 is 2.67 bits per heavy atom. The fourth-order valence-corrected chi connectivity index (χ4v) is 2.80. The average molecular weight is 311 g/mol. The first-order chi connectivity index (χ1) is 9.97. The molecule has 2 aromatic rings. The molecule has 114 valence electrons. The molecule has 0 amide bonds. The molecule has 1 aromatic carbocycles. The van der Waals surface area contributed by atoms with E-state index in [2.05, 4.69) is 24.3 Å². The Morgan fingerprint density at radius 2 is 2.00 bits per heavy atom. The molecule has 0 bridgehead atoms. The van der Waals surface area contributed by atoms with Crippen molar-refractivity contribution in [3.63, 3.8) is 0 Å². The molecule has 2 rings (SSSR count). The van der Waals surface area contributed by atoms with Crippen molar-refractivity contribution in [2.45, 2.75) is 37.0 Å². The highest BCUT2D eigenvalue weighted by atomic mass is 32.2. The number of benzene rings is 1. The summed E-state index contributed by atoms with van der Waals surface area (Å²) in [6, 6.07) is 7.12. The van der Waals surface area contributed by atoms with E-state index >= 15 is 0 Å². The van der Waals surface area contributed by atoms with Gasteiger partial charge in [-0.15, -0.1) is 0 Å². The molecule has 1 N–H and O–H groups in total. The number of nitrogens with zero attached hydrogens (tertiary/aromatic N) is 2. The lowest BCUT2D eigenvalue weighted by molar-refractivity contribution is 0.252. The molecular weight excluding hydrogens is 292 g/mol. The first kappa shape index (κ1) is 15.8. The van der Waals surface area contributed by atoms with E-state index in [4.69, 9.17) is 0 Å². The Morgan fingerprint density at radius 1 is 1.29 bits per heavy atom. The molecule has 1 aromatic heterocycles. The van der Waals surface area contributed by atoms with Gasteiger partial charge in [-0.2, -0.15) is 13.9 Å². The molecule has 0 unspecified atom stereocenters. The summed E-state index contributed by atoms with van der Waals surface area (Å²) in [7, 11) is 1.88. The van der Waals surface area contributed by atoms with Crippen LogP contribution in [0.15, 0.2) is 35.4 Å². The minimum atomic E-state index is -2.42. The second-order valence-electron chi connectivity index (χ2n) is 5.10. The van der Waals surface area contributed by atoms with Gasteiger partial charge in [0.2, 0.25) is 0 Å². The van der Waals surface area contributed by atoms with Crippen LogP contribution in [0.3, 0.4) is 0 Å². The fraction of sp³-hybridized carbons (Fsp3) is 0.400. The van der Waals surface area contributed by atoms with Crippen molar-refractivity contribution in [3.05, 3.63) is 41.7 Å². The van der Waals surface area contributed by atoms with Crippen LogP contribution in [0, 0.1) is 0 Å². The molecule has 21 heavy (non-hydrogen) atoms. The number of alkyl halides is 2. The number of anilines is 1. The first-order valence-electron chi connectivity index (χ1n) is 6.77. The molecule has 0 saturated carbocycles. The SMILES string of the molecule is CC(C)c1nn(C)cc1CNc1ccccc1SC(F)F. The predicted octanol–water partition coefficient (Wildman–Crippen LogP) is 4.47. The number of aryl methyl sites for hydroxylation is 1. The standard InChI is InChI=1S/C15H19F2N3S/c1-10(2)14-11(9-20(3)19-14)8-18-12-6-4-5-7-13(12)21-15(16)17/h4-7,9-10,15,18H,8H2,1-3H3. The number of nitrogens with one attached hydrogen (secondary N) is 1. The predicted molar refractivity (Wildman–Crippen MR) is 82.9 cm³/mol. The van der Waals surface area contributed by atoms with Gasteiger partial charge in [-0.25, -0.2) is 0 Å². The van der Waals surface area contributed by atoms with Crippen LogP contribution in [0.2, 0.25) is 0 Å². The van der Waals surface area contributed by atoms with Crippen LogP contribution in [0.25, 0.3) is 0 Å². The molecule has 0 radical (unpaired) electrons. The summed E-state index contributed by atoms with van der Waals surface area (Å²) in [6.07, 6.45) is 1.96. The van der Waals surface area contributed by atoms with Gasteiger partial charge >= 0.3 is 0 Å². The minimum absolute atomic E-state index is 0.327. The highest BCUT2D eigenvalue weighted by molar-refractivity contribution is 7.99. The Balaban J connectivity index is 2.13. The topological polar surface area (TPSA) is 29.9 Å². The molecule has 0 spiro atoms. The average Bonchev–Trinajstić information content (AvgIpc) is 2.78. The van der Waals surface area contributed by atoms with E-state index in [9.17, 15) is 8.78 Å². The zero-order valence-corrected chi connectivity index (χ0v) is 13.1. The lowest BCUT2D eigenvalue weighted by Crippen LogP contribution is -2.03. The van der Waals surface area contributed by atoms with Crippen molar-refractivity contribution in [1.82, 2.24) is 9.78 Å².